The second kappa shape index (κ2) is 2.51. The smallest absolute Gasteiger partial charge is 0.175 e. The van der Waals surface area contributed by atoms with Crippen LogP contribution < -0.4 is 0 Å². The van der Waals surface area contributed by atoms with Crippen LogP contribution in [0.1, 0.15) is 0 Å². The highest BCUT2D eigenvalue weighted by Crippen LogP contribution is 2.26. The van der Waals surface area contributed by atoms with Crippen molar-refractivity contribution in [2.75, 3.05) is 5.75 Å². The third-order valence-corrected chi connectivity index (χ3v) is 1.61. The topological polar surface area (TPSA) is 0 Å². The average molecular weight is 165 g/mol. The Hall–Kier alpha value is 1.22. The second-order valence-corrected chi connectivity index (χ2v) is 3.61. The van der Waals surface area contributed by atoms with E-state index in [9.17, 15) is 0 Å². The zero-order chi connectivity index (χ0) is 5.21. The van der Waals surface area contributed by atoms with Gasteiger partial charge in [0, 0.05) is 5.75 Å². The molecule has 0 aromatic rings. The number of thiol groups is 1. The molecule has 0 aliphatic rings. The fourth-order valence-corrected chi connectivity index (χ4v) is 0. The first-order valence-electron chi connectivity index (χ1n) is 1.24. The Morgan fingerprint density at radius 1 is 1.33 bits per heavy atom. The van der Waals surface area contributed by atoms with Gasteiger partial charge in [0.05, 0.1) is 0 Å². The van der Waals surface area contributed by atoms with Gasteiger partial charge in [-0.15, -0.1) is 0 Å². The van der Waals surface area contributed by atoms with Crippen LogP contribution in [-0.2, 0) is 0 Å². The summed E-state index contributed by atoms with van der Waals surface area (Å²) >= 11 is 19.2. The maximum Gasteiger partial charge on any atom is 0.199 e. The molecule has 0 aromatic heterocycles. The summed E-state index contributed by atoms with van der Waals surface area (Å²) in [6, 6.07) is 0. The molecule has 0 saturated carbocycles. The van der Waals surface area contributed by atoms with Crippen molar-refractivity contribution in [3.8, 4) is 0 Å². The molecule has 6 heavy (non-hydrogen) atoms. The van der Waals surface area contributed by atoms with Crippen molar-refractivity contribution in [2.24, 2.45) is 0 Å². The van der Waals surface area contributed by atoms with Gasteiger partial charge in [0.1, 0.15) is 0 Å². The van der Waals surface area contributed by atoms with Crippen LogP contribution in [0.25, 0.3) is 0 Å². The molecule has 38 valence electrons. The van der Waals surface area contributed by atoms with Crippen molar-refractivity contribution in [3.63, 3.8) is 0 Å². The highest BCUT2D eigenvalue weighted by Gasteiger charge is 2.15. The summed E-state index contributed by atoms with van der Waals surface area (Å²) in [5.74, 6) is 0.262. The summed E-state index contributed by atoms with van der Waals surface area (Å²) in [7, 11) is 0. The third-order valence-electron chi connectivity index (χ3n) is 0.179. The largest absolute Gasteiger partial charge is 0.199 e. The molecule has 0 saturated heterocycles. The number of rotatable bonds is 0. The summed E-state index contributed by atoms with van der Waals surface area (Å²) in [5, 5.41) is 0. The van der Waals surface area contributed by atoms with Crippen LogP contribution in [0.2, 0.25) is 0 Å². The second-order valence-electron chi connectivity index (χ2n) is 0.773. The Labute approximate surface area is 57.2 Å². The van der Waals surface area contributed by atoms with Gasteiger partial charge in [-0.3, -0.25) is 0 Å². The van der Waals surface area contributed by atoms with Gasteiger partial charge >= 0.3 is 0 Å². The standard InChI is InChI=1S/C2H3Cl3S/c3-2(4,5)1-6/h6H,1H2. The van der Waals surface area contributed by atoms with E-state index in [2.05, 4.69) is 12.6 Å². The lowest BCUT2D eigenvalue weighted by Gasteiger charge is -2.01. The lowest BCUT2D eigenvalue weighted by molar-refractivity contribution is 1.30. The molecule has 4 heteroatoms. The van der Waals surface area contributed by atoms with Gasteiger partial charge < -0.3 is 0 Å². The maximum absolute atomic E-state index is 5.17. The summed E-state index contributed by atoms with van der Waals surface area (Å²) < 4.78 is -1.18. The molecular formula is C2H3Cl3S. The molecule has 0 heterocycles. The fourth-order valence-electron chi connectivity index (χ4n) is 0. The predicted molar refractivity (Wildman–Crippen MR) is 34.1 cm³/mol. The first-order chi connectivity index (χ1) is 2.56. The Morgan fingerprint density at radius 2 is 1.50 bits per heavy atom. The highest BCUT2D eigenvalue weighted by molar-refractivity contribution is 7.80. The van der Waals surface area contributed by atoms with E-state index >= 15 is 0 Å². The molecular weight excluding hydrogens is 162 g/mol. The van der Waals surface area contributed by atoms with Crippen molar-refractivity contribution in [2.45, 2.75) is 3.79 Å². The monoisotopic (exact) mass is 164 g/mol. The SMILES string of the molecule is SCC(Cl)(Cl)Cl. The van der Waals surface area contributed by atoms with Gasteiger partial charge in [-0.05, 0) is 0 Å². The van der Waals surface area contributed by atoms with Crippen molar-refractivity contribution >= 4 is 47.4 Å². The van der Waals surface area contributed by atoms with Gasteiger partial charge in [0.25, 0.3) is 0 Å². The molecule has 0 aliphatic carbocycles. The minimum atomic E-state index is -1.18. The van der Waals surface area contributed by atoms with Gasteiger partial charge in [0.2, 0.25) is 0 Å². The Morgan fingerprint density at radius 3 is 1.50 bits per heavy atom. The molecule has 0 spiro atoms. The van der Waals surface area contributed by atoms with Crippen molar-refractivity contribution in [1.82, 2.24) is 0 Å². The quantitative estimate of drug-likeness (QED) is 0.413. The summed E-state index contributed by atoms with van der Waals surface area (Å²) in [6.45, 7) is 0. The maximum atomic E-state index is 5.17. The van der Waals surface area contributed by atoms with Crippen LogP contribution >= 0.6 is 47.4 Å². The zero-order valence-electron chi connectivity index (χ0n) is 2.79. The first kappa shape index (κ1) is 7.22. The van der Waals surface area contributed by atoms with Crippen LogP contribution in [0.15, 0.2) is 0 Å². The molecule has 0 rings (SSSR count). The zero-order valence-corrected chi connectivity index (χ0v) is 5.95. The minimum Gasteiger partial charge on any atom is -0.175 e. The van der Waals surface area contributed by atoms with Crippen LogP contribution in [-0.4, -0.2) is 9.55 Å². The Balaban J connectivity index is 3.17. The molecule has 0 radical (unpaired) electrons. The lowest BCUT2D eigenvalue weighted by atomic mass is 10.9. The van der Waals surface area contributed by atoms with E-state index in [1.165, 1.54) is 0 Å². The molecule has 0 aromatic carbocycles. The van der Waals surface area contributed by atoms with Crippen LogP contribution in [0.4, 0.5) is 0 Å². The highest BCUT2D eigenvalue weighted by atomic mass is 35.6. The summed E-state index contributed by atoms with van der Waals surface area (Å²) in [4.78, 5) is 0. The van der Waals surface area contributed by atoms with E-state index in [0.29, 0.717) is 0 Å². The van der Waals surface area contributed by atoms with Crippen LogP contribution in [0.5, 0.6) is 0 Å². The molecule has 0 bridgehead atoms. The molecule has 0 fully saturated rings. The van der Waals surface area contributed by atoms with E-state index in [0.717, 1.165) is 0 Å². The molecule has 0 amide bonds. The first-order valence-corrected chi connectivity index (χ1v) is 3.00. The minimum absolute atomic E-state index is 0.262. The predicted octanol–water partition coefficient (Wildman–Crippen LogP) is 2.29. The van der Waals surface area contributed by atoms with Gasteiger partial charge in [-0.1, -0.05) is 34.8 Å². The summed E-state index contributed by atoms with van der Waals surface area (Å²) in [5.41, 5.74) is 0. The molecule has 0 atom stereocenters. The van der Waals surface area contributed by atoms with Gasteiger partial charge in [0.15, 0.2) is 3.79 Å². The van der Waals surface area contributed by atoms with E-state index in [1.807, 2.05) is 0 Å². The molecule has 0 unspecified atom stereocenters. The fraction of sp³-hybridized carbons (Fsp3) is 1.00. The van der Waals surface area contributed by atoms with E-state index in [1.54, 1.807) is 0 Å². The van der Waals surface area contributed by atoms with E-state index < -0.39 is 3.79 Å². The molecule has 0 nitrogen and oxygen atoms in total. The number of alkyl halides is 3. The van der Waals surface area contributed by atoms with Gasteiger partial charge in [-0.25, -0.2) is 0 Å². The molecule has 0 N–H and O–H groups in total. The Kier molecular flexibility index (Phi) is 3.02. The summed E-state index contributed by atoms with van der Waals surface area (Å²) in [6.07, 6.45) is 0. The van der Waals surface area contributed by atoms with Crippen molar-refractivity contribution in [1.29, 1.82) is 0 Å². The van der Waals surface area contributed by atoms with E-state index in [-0.39, 0.29) is 5.75 Å². The van der Waals surface area contributed by atoms with Crippen molar-refractivity contribution < 1.29 is 0 Å². The molecule has 0 aliphatic heterocycles. The average Bonchev–Trinajstić information content (AvgIpc) is 1.35. The van der Waals surface area contributed by atoms with E-state index in [4.69, 9.17) is 34.8 Å². The Bertz CT molecular complexity index is 38.5. The van der Waals surface area contributed by atoms with Gasteiger partial charge in [-0.2, -0.15) is 12.6 Å². The third kappa shape index (κ3) is 5.22. The van der Waals surface area contributed by atoms with Crippen molar-refractivity contribution in [3.05, 3.63) is 0 Å². The number of halogens is 3. The number of hydrogen-bond donors (Lipinski definition) is 1. The number of hydrogen-bond acceptors (Lipinski definition) is 1. The van der Waals surface area contributed by atoms with Crippen LogP contribution in [0, 0.1) is 0 Å². The normalized spacial score (nSPS) is 12.0. The van der Waals surface area contributed by atoms with Crippen LogP contribution in [0.3, 0.4) is 0 Å². The lowest BCUT2D eigenvalue weighted by Crippen LogP contribution is -2.01.